The largest absolute Gasteiger partial charge is 0.465 e. The van der Waals surface area contributed by atoms with Crippen molar-refractivity contribution in [3.8, 4) is 0 Å². The number of carbonyl (C=O) groups excluding carboxylic acids is 1. The van der Waals surface area contributed by atoms with Gasteiger partial charge in [-0.15, -0.1) is 0 Å². The van der Waals surface area contributed by atoms with Crippen molar-refractivity contribution in [3.05, 3.63) is 0 Å². The fraction of sp³-hybridized carbons (Fsp3) is 0.917. The van der Waals surface area contributed by atoms with Crippen LogP contribution in [0.2, 0.25) is 0 Å². The van der Waals surface area contributed by atoms with Gasteiger partial charge in [0.15, 0.2) is 5.41 Å². The fourth-order valence-corrected chi connectivity index (χ4v) is 2.02. The average molecular weight is 267 g/mol. The van der Waals surface area contributed by atoms with E-state index in [9.17, 15) is 18.0 Å². The number of hydrogen-bond donors (Lipinski definition) is 1. The first-order valence-corrected chi connectivity index (χ1v) is 6.24. The van der Waals surface area contributed by atoms with Crippen molar-refractivity contribution in [1.29, 1.82) is 0 Å². The minimum absolute atomic E-state index is 0.0643. The Balaban J connectivity index is 2.52. The number of alkyl halides is 3. The summed E-state index contributed by atoms with van der Waals surface area (Å²) in [5.41, 5.74) is -2.34. The number of ether oxygens (including phenoxy) is 1. The molecule has 1 aliphatic rings. The second-order valence-corrected chi connectivity index (χ2v) is 5.18. The van der Waals surface area contributed by atoms with Gasteiger partial charge in [-0.1, -0.05) is 13.8 Å². The van der Waals surface area contributed by atoms with Gasteiger partial charge in [-0.05, 0) is 31.7 Å². The van der Waals surface area contributed by atoms with Crippen molar-refractivity contribution in [1.82, 2.24) is 5.32 Å². The lowest BCUT2D eigenvalue weighted by atomic mass is 9.86. The van der Waals surface area contributed by atoms with Gasteiger partial charge >= 0.3 is 12.1 Å². The zero-order valence-electron chi connectivity index (χ0n) is 10.8. The molecular weight excluding hydrogens is 247 g/mol. The van der Waals surface area contributed by atoms with Gasteiger partial charge in [-0.25, -0.2) is 0 Å². The molecule has 0 amide bonds. The number of esters is 1. The second kappa shape index (κ2) is 5.91. The summed E-state index contributed by atoms with van der Waals surface area (Å²) in [6.07, 6.45) is -3.35. The van der Waals surface area contributed by atoms with Crippen molar-refractivity contribution >= 4 is 5.97 Å². The van der Waals surface area contributed by atoms with Crippen LogP contribution in [0.4, 0.5) is 13.2 Å². The minimum atomic E-state index is -4.55. The molecule has 1 unspecified atom stereocenters. The third kappa shape index (κ3) is 3.37. The maximum absolute atomic E-state index is 13.0. The predicted molar refractivity (Wildman–Crippen MR) is 61.0 cm³/mol. The lowest BCUT2D eigenvalue weighted by molar-refractivity contribution is -0.229. The topological polar surface area (TPSA) is 38.3 Å². The summed E-state index contributed by atoms with van der Waals surface area (Å²) in [5.74, 6) is -0.683. The van der Waals surface area contributed by atoms with Crippen molar-refractivity contribution in [2.24, 2.45) is 11.3 Å². The SMILES string of the molecule is CC(C)CCCOC(=O)C1(C(F)(F)F)CCNC1. The van der Waals surface area contributed by atoms with E-state index in [1.807, 2.05) is 13.8 Å². The fourth-order valence-electron chi connectivity index (χ4n) is 2.02. The van der Waals surface area contributed by atoms with Crippen LogP contribution in [0.25, 0.3) is 0 Å². The van der Waals surface area contributed by atoms with Gasteiger partial charge in [0, 0.05) is 6.54 Å². The third-order valence-corrected chi connectivity index (χ3v) is 3.25. The number of rotatable bonds is 5. The molecule has 1 fully saturated rings. The summed E-state index contributed by atoms with van der Waals surface area (Å²) in [5, 5.41) is 2.59. The smallest absolute Gasteiger partial charge is 0.406 e. The Morgan fingerprint density at radius 1 is 1.44 bits per heavy atom. The molecule has 0 saturated carbocycles. The molecule has 0 radical (unpaired) electrons. The second-order valence-electron chi connectivity index (χ2n) is 5.18. The molecule has 0 aromatic carbocycles. The van der Waals surface area contributed by atoms with Crippen LogP contribution in [0.5, 0.6) is 0 Å². The van der Waals surface area contributed by atoms with Gasteiger partial charge in [-0.2, -0.15) is 13.2 Å². The van der Waals surface area contributed by atoms with Gasteiger partial charge in [-0.3, -0.25) is 4.79 Å². The van der Waals surface area contributed by atoms with E-state index in [-0.39, 0.29) is 26.1 Å². The van der Waals surface area contributed by atoms with E-state index in [1.54, 1.807) is 0 Å². The van der Waals surface area contributed by atoms with E-state index in [2.05, 4.69) is 5.32 Å². The minimum Gasteiger partial charge on any atom is -0.465 e. The summed E-state index contributed by atoms with van der Waals surface area (Å²) in [7, 11) is 0. The first kappa shape index (κ1) is 15.3. The molecule has 1 saturated heterocycles. The number of halogens is 3. The molecule has 1 atom stereocenters. The van der Waals surface area contributed by atoms with Crippen LogP contribution in [0, 0.1) is 11.3 Å². The highest BCUT2D eigenvalue weighted by molar-refractivity contribution is 5.78. The van der Waals surface area contributed by atoms with Crippen LogP contribution < -0.4 is 5.32 Å². The first-order valence-electron chi connectivity index (χ1n) is 6.24. The lowest BCUT2D eigenvalue weighted by Gasteiger charge is -2.28. The highest BCUT2D eigenvalue weighted by Gasteiger charge is 2.62. The van der Waals surface area contributed by atoms with Crippen LogP contribution in [-0.4, -0.2) is 31.8 Å². The maximum Gasteiger partial charge on any atom is 0.406 e. The van der Waals surface area contributed by atoms with E-state index in [4.69, 9.17) is 4.74 Å². The van der Waals surface area contributed by atoms with Gasteiger partial charge < -0.3 is 10.1 Å². The Bertz CT molecular complexity index is 284. The van der Waals surface area contributed by atoms with E-state index in [1.165, 1.54) is 0 Å². The summed E-state index contributed by atoms with van der Waals surface area (Å²) in [4.78, 5) is 11.7. The third-order valence-electron chi connectivity index (χ3n) is 3.25. The molecule has 1 rings (SSSR count). The normalized spacial score (nSPS) is 24.6. The van der Waals surface area contributed by atoms with Crippen molar-refractivity contribution in [3.63, 3.8) is 0 Å². The lowest BCUT2D eigenvalue weighted by Crippen LogP contribution is -2.47. The molecule has 106 valence electrons. The monoisotopic (exact) mass is 267 g/mol. The van der Waals surface area contributed by atoms with Crippen molar-refractivity contribution < 1.29 is 22.7 Å². The van der Waals surface area contributed by atoms with Gasteiger partial charge in [0.1, 0.15) is 0 Å². The molecule has 1 aliphatic heterocycles. The van der Waals surface area contributed by atoms with Gasteiger partial charge in [0.05, 0.1) is 6.61 Å². The van der Waals surface area contributed by atoms with Gasteiger partial charge in [0.25, 0.3) is 0 Å². The van der Waals surface area contributed by atoms with Crippen molar-refractivity contribution in [2.75, 3.05) is 19.7 Å². The number of hydrogen-bond acceptors (Lipinski definition) is 3. The molecule has 0 aromatic rings. The Labute approximate surface area is 105 Å². The quantitative estimate of drug-likeness (QED) is 0.614. The van der Waals surface area contributed by atoms with E-state index < -0.39 is 17.6 Å². The Morgan fingerprint density at radius 3 is 2.56 bits per heavy atom. The molecule has 0 aliphatic carbocycles. The predicted octanol–water partition coefficient (Wildman–Crippen LogP) is 2.51. The summed E-state index contributed by atoms with van der Waals surface area (Å²) < 4.78 is 43.7. The summed E-state index contributed by atoms with van der Waals surface area (Å²) in [6, 6.07) is 0. The average Bonchev–Trinajstić information content (AvgIpc) is 2.73. The highest BCUT2D eigenvalue weighted by atomic mass is 19.4. The molecule has 1 N–H and O–H groups in total. The molecule has 3 nitrogen and oxygen atoms in total. The van der Waals surface area contributed by atoms with Crippen LogP contribution >= 0.6 is 0 Å². The molecule has 6 heteroatoms. The molecule has 1 heterocycles. The summed E-state index contributed by atoms with van der Waals surface area (Å²) >= 11 is 0. The molecular formula is C12H20F3NO2. The van der Waals surface area contributed by atoms with E-state index in [0.717, 1.165) is 6.42 Å². The first-order chi connectivity index (χ1) is 8.29. The van der Waals surface area contributed by atoms with E-state index >= 15 is 0 Å². The summed E-state index contributed by atoms with van der Waals surface area (Å²) in [6.45, 7) is 3.91. The van der Waals surface area contributed by atoms with Crippen molar-refractivity contribution in [2.45, 2.75) is 39.3 Å². The van der Waals surface area contributed by atoms with Crippen LogP contribution in [0.3, 0.4) is 0 Å². The highest BCUT2D eigenvalue weighted by Crippen LogP contribution is 2.43. The molecule has 0 bridgehead atoms. The molecule has 0 spiro atoms. The molecule has 0 aromatic heterocycles. The number of carbonyl (C=O) groups is 1. The standard InChI is InChI=1S/C12H20F3NO2/c1-9(2)4-3-7-18-10(17)11(12(13,14)15)5-6-16-8-11/h9,16H,3-8H2,1-2H3. The number of nitrogens with one attached hydrogen (secondary N) is 1. The van der Waals surface area contributed by atoms with E-state index in [0.29, 0.717) is 12.3 Å². The zero-order chi connectivity index (χ0) is 13.8. The Kier molecular flexibility index (Phi) is 5.01. The molecule has 18 heavy (non-hydrogen) atoms. The zero-order valence-corrected chi connectivity index (χ0v) is 10.8. The van der Waals surface area contributed by atoms with Crippen LogP contribution in [0.15, 0.2) is 0 Å². The Morgan fingerprint density at radius 2 is 2.11 bits per heavy atom. The van der Waals surface area contributed by atoms with Crippen LogP contribution in [-0.2, 0) is 9.53 Å². The van der Waals surface area contributed by atoms with Gasteiger partial charge in [0.2, 0.25) is 0 Å². The maximum atomic E-state index is 13.0. The van der Waals surface area contributed by atoms with Crippen LogP contribution in [0.1, 0.15) is 33.1 Å². The Hall–Kier alpha value is -0.780.